The van der Waals surface area contributed by atoms with E-state index in [1.807, 2.05) is 33.2 Å². The molecule has 0 atom stereocenters. The molecule has 2 aromatic rings. The summed E-state index contributed by atoms with van der Waals surface area (Å²) in [6.45, 7) is 4.33. The number of aromatic nitrogens is 2. The standard InChI is InChI=1S/C16H20N4O2/c1-5-22-13-8-6-12(7-9-13)19-15(21)14-10-17-16(20(3)4)18-11(14)2/h6-10H,5H2,1-4H3,(H,19,21). The molecule has 0 saturated heterocycles. The summed E-state index contributed by atoms with van der Waals surface area (Å²) in [6.07, 6.45) is 1.54. The lowest BCUT2D eigenvalue weighted by Crippen LogP contribution is -2.18. The fourth-order valence-electron chi connectivity index (χ4n) is 1.89. The zero-order valence-corrected chi connectivity index (χ0v) is 13.3. The lowest BCUT2D eigenvalue weighted by Gasteiger charge is -2.12. The van der Waals surface area contributed by atoms with E-state index in [1.165, 1.54) is 0 Å². The average Bonchev–Trinajstić information content (AvgIpc) is 2.49. The van der Waals surface area contributed by atoms with Crippen molar-refractivity contribution >= 4 is 17.5 Å². The molecular formula is C16H20N4O2. The number of aryl methyl sites for hydroxylation is 1. The van der Waals surface area contributed by atoms with Gasteiger partial charge in [0.05, 0.1) is 17.9 Å². The van der Waals surface area contributed by atoms with Crippen molar-refractivity contribution in [1.29, 1.82) is 0 Å². The number of anilines is 2. The van der Waals surface area contributed by atoms with Gasteiger partial charge in [0.2, 0.25) is 5.95 Å². The predicted molar refractivity (Wildman–Crippen MR) is 86.7 cm³/mol. The topological polar surface area (TPSA) is 67.3 Å². The van der Waals surface area contributed by atoms with E-state index >= 15 is 0 Å². The van der Waals surface area contributed by atoms with Gasteiger partial charge in [-0.05, 0) is 38.1 Å². The molecule has 0 aliphatic heterocycles. The van der Waals surface area contributed by atoms with Crippen molar-refractivity contribution in [2.45, 2.75) is 13.8 Å². The summed E-state index contributed by atoms with van der Waals surface area (Å²) in [5.74, 6) is 1.12. The van der Waals surface area contributed by atoms with E-state index in [-0.39, 0.29) is 5.91 Å². The van der Waals surface area contributed by atoms with Crippen molar-refractivity contribution in [3.63, 3.8) is 0 Å². The Morgan fingerprint density at radius 1 is 1.27 bits per heavy atom. The first-order valence-electron chi connectivity index (χ1n) is 7.06. The third-order valence-corrected chi connectivity index (χ3v) is 3.03. The summed E-state index contributed by atoms with van der Waals surface area (Å²) >= 11 is 0. The van der Waals surface area contributed by atoms with Gasteiger partial charge in [-0.3, -0.25) is 4.79 Å². The second kappa shape index (κ2) is 6.89. The minimum Gasteiger partial charge on any atom is -0.494 e. The fraction of sp³-hybridized carbons (Fsp3) is 0.312. The van der Waals surface area contributed by atoms with Crippen LogP contribution in [0.5, 0.6) is 5.75 Å². The highest BCUT2D eigenvalue weighted by atomic mass is 16.5. The van der Waals surface area contributed by atoms with Gasteiger partial charge in [0.25, 0.3) is 5.91 Å². The van der Waals surface area contributed by atoms with E-state index in [4.69, 9.17) is 4.74 Å². The summed E-state index contributed by atoms with van der Waals surface area (Å²) in [6, 6.07) is 7.23. The molecular weight excluding hydrogens is 280 g/mol. The van der Waals surface area contributed by atoms with Crippen molar-refractivity contribution in [3.05, 3.63) is 41.7 Å². The van der Waals surface area contributed by atoms with Crippen molar-refractivity contribution < 1.29 is 9.53 Å². The maximum atomic E-state index is 12.3. The molecule has 22 heavy (non-hydrogen) atoms. The molecule has 1 aromatic carbocycles. The van der Waals surface area contributed by atoms with Crippen molar-refractivity contribution in [1.82, 2.24) is 9.97 Å². The van der Waals surface area contributed by atoms with Gasteiger partial charge >= 0.3 is 0 Å². The molecule has 6 nitrogen and oxygen atoms in total. The van der Waals surface area contributed by atoms with Crippen LogP contribution in [0.2, 0.25) is 0 Å². The SMILES string of the molecule is CCOc1ccc(NC(=O)c2cnc(N(C)C)nc2C)cc1. The van der Waals surface area contributed by atoms with Gasteiger partial charge in [0.15, 0.2) is 0 Å². The average molecular weight is 300 g/mol. The predicted octanol–water partition coefficient (Wildman–Crippen LogP) is 2.50. The van der Waals surface area contributed by atoms with Gasteiger partial charge in [-0.1, -0.05) is 0 Å². The Balaban J connectivity index is 2.11. The van der Waals surface area contributed by atoms with E-state index < -0.39 is 0 Å². The molecule has 0 radical (unpaired) electrons. The monoisotopic (exact) mass is 300 g/mol. The van der Waals surface area contributed by atoms with Crippen LogP contribution in [-0.4, -0.2) is 36.6 Å². The molecule has 0 bridgehead atoms. The second-order valence-corrected chi connectivity index (χ2v) is 4.98. The van der Waals surface area contributed by atoms with Crippen LogP contribution in [0.15, 0.2) is 30.5 Å². The van der Waals surface area contributed by atoms with Crippen LogP contribution >= 0.6 is 0 Å². The molecule has 6 heteroatoms. The van der Waals surface area contributed by atoms with Crippen LogP contribution < -0.4 is 15.0 Å². The molecule has 0 unspecified atom stereocenters. The molecule has 0 fully saturated rings. The molecule has 0 spiro atoms. The van der Waals surface area contributed by atoms with Gasteiger partial charge in [0.1, 0.15) is 5.75 Å². The fourth-order valence-corrected chi connectivity index (χ4v) is 1.89. The number of rotatable bonds is 5. The van der Waals surface area contributed by atoms with Crippen LogP contribution in [0.1, 0.15) is 23.0 Å². The minimum absolute atomic E-state index is 0.230. The van der Waals surface area contributed by atoms with Gasteiger partial charge in [0, 0.05) is 26.0 Å². The van der Waals surface area contributed by atoms with E-state index in [2.05, 4.69) is 15.3 Å². The Kier molecular flexibility index (Phi) is 4.93. The Labute approximate surface area is 130 Å². The van der Waals surface area contributed by atoms with Crippen LogP contribution in [-0.2, 0) is 0 Å². The Hall–Kier alpha value is -2.63. The number of benzene rings is 1. The van der Waals surface area contributed by atoms with E-state index in [0.29, 0.717) is 29.5 Å². The summed E-state index contributed by atoms with van der Waals surface area (Å²) in [4.78, 5) is 22.6. The number of hydrogen-bond donors (Lipinski definition) is 1. The normalized spacial score (nSPS) is 10.2. The van der Waals surface area contributed by atoms with Crippen LogP contribution in [0.4, 0.5) is 11.6 Å². The van der Waals surface area contributed by atoms with E-state index in [0.717, 1.165) is 5.75 Å². The first kappa shape index (κ1) is 15.8. The number of ether oxygens (including phenoxy) is 1. The van der Waals surface area contributed by atoms with Gasteiger partial charge in [-0.15, -0.1) is 0 Å². The van der Waals surface area contributed by atoms with Crippen molar-refractivity contribution in [2.75, 3.05) is 30.9 Å². The molecule has 1 amide bonds. The third-order valence-electron chi connectivity index (χ3n) is 3.03. The molecule has 1 aromatic heterocycles. The van der Waals surface area contributed by atoms with E-state index in [1.54, 1.807) is 30.2 Å². The first-order chi connectivity index (χ1) is 10.5. The summed E-state index contributed by atoms with van der Waals surface area (Å²) in [7, 11) is 3.71. The number of nitrogens with one attached hydrogen (secondary N) is 1. The van der Waals surface area contributed by atoms with Gasteiger partial charge in [-0.25, -0.2) is 9.97 Å². The minimum atomic E-state index is -0.230. The maximum absolute atomic E-state index is 12.3. The molecule has 1 N–H and O–H groups in total. The second-order valence-electron chi connectivity index (χ2n) is 4.98. The van der Waals surface area contributed by atoms with Gasteiger partial charge in [-0.2, -0.15) is 0 Å². The highest BCUT2D eigenvalue weighted by Crippen LogP contribution is 2.17. The molecule has 0 aliphatic carbocycles. The zero-order chi connectivity index (χ0) is 16.1. The van der Waals surface area contributed by atoms with Gasteiger partial charge < -0.3 is 15.0 Å². The highest BCUT2D eigenvalue weighted by molar-refractivity contribution is 6.04. The lowest BCUT2D eigenvalue weighted by atomic mass is 10.2. The zero-order valence-electron chi connectivity index (χ0n) is 13.3. The van der Waals surface area contributed by atoms with Crippen molar-refractivity contribution in [2.24, 2.45) is 0 Å². The first-order valence-corrected chi connectivity index (χ1v) is 7.06. The Morgan fingerprint density at radius 3 is 2.50 bits per heavy atom. The van der Waals surface area contributed by atoms with Crippen molar-refractivity contribution in [3.8, 4) is 5.75 Å². The largest absolute Gasteiger partial charge is 0.494 e. The number of hydrogen-bond acceptors (Lipinski definition) is 5. The lowest BCUT2D eigenvalue weighted by molar-refractivity contribution is 0.102. The Bertz CT molecular complexity index is 654. The van der Waals surface area contributed by atoms with Crippen LogP contribution in [0.3, 0.4) is 0 Å². The molecule has 116 valence electrons. The van der Waals surface area contributed by atoms with Crippen LogP contribution in [0, 0.1) is 6.92 Å². The highest BCUT2D eigenvalue weighted by Gasteiger charge is 2.12. The molecule has 2 rings (SSSR count). The summed E-state index contributed by atoms with van der Waals surface area (Å²) in [5.41, 5.74) is 1.80. The molecule has 0 saturated carbocycles. The number of nitrogens with zero attached hydrogens (tertiary/aromatic N) is 3. The third kappa shape index (κ3) is 3.72. The van der Waals surface area contributed by atoms with Crippen LogP contribution in [0.25, 0.3) is 0 Å². The number of carbonyl (C=O) groups is 1. The smallest absolute Gasteiger partial charge is 0.259 e. The molecule has 1 heterocycles. The summed E-state index contributed by atoms with van der Waals surface area (Å²) < 4.78 is 5.37. The molecule has 0 aliphatic rings. The number of carbonyl (C=O) groups excluding carboxylic acids is 1. The number of amides is 1. The maximum Gasteiger partial charge on any atom is 0.259 e. The summed E-state index contributed by atoms with van der Waals surface area (Å²) in [5, 5.41) is 2.83. The quantitative estimate of drug-likeness (QED) is 0.919. The Morgan fingerprint density at radius 2 is 1.95 bits per heavy atom. The van der Waals surface area contributed by atoms with E-state index in [9.17, 15) is 4.79 Å².